The molecule has 0 aromatic carbocycles. The first-order valence-corrected chi connectivity index (χ1v) is 7.82. The zero-order valence-electron chi connectivity index (χ0n) is 11.6. The minimum atomic E-state index is -3.76. The minimum absolute atomic E-state index is 0.0613. The van der Waals surface area contributed by atoms with Crippen molar-refractivity contribution in [1.29, 1.82) is 0 Å². The number of nitrogens with two attached hydrogens (primary N) is 1. The second kappa shape index (κ2) is 7.20. The Morgan fingerprint density at radius 1 is 1.40 bits per heavy atom. The molecule has 1 aromatic rings. The van der Waals surface area contributed by atoms with Gasteiger partial charge in [0.05, 0.1) is 6.61 Å². The van der Waals surface area contributed by atoms with Crippen molar-refractivity contribution in [2.45, 2.75) is 25.2 Å². The van der Waals surface area contributed by atoms with Crippen molar-refractivity contribution in [2.75, 3.05) is 24.6 Å². The maximum absolute atomic E-state index is 11.5. The minimum Gasteiger partial charge on any atom is -0.465 e. The predicted molar refractivity (Wildman–Crippen MR) is 74.7 cm³/mol. The average Bonchev–Trinajstić information content (AvgIpc) is 2.38. The van der Waals surface area contributed by atoms with E-state index in [9.17, 15) is 13.2 Å². The maximum Gasteiger partial charge on any atom is 0.325 e. The Labute approximate surface area is 118 Å². The quantitative estimate of drug-likeness (QED) is 0.736. The highest BCUT2D eigenvalue weighted by Gasteiger charge is 2.14. The Balaban J connectivity index is 2.89. The topological polar surface area (TPSA) is 103 Å². The molecule has 0 saturated carbocycles. The van der Waals surface area contributed by atoms with Gasteiger partial charge in [-0.15, -0.1) is 0 Å². The summed E-state index contributed by atoms with van der Waals surface area (Å²) in [5, 5.41) is 5.01. The summed E-state index contributed by atoms with van der Waals surface area (Å²) >= 11 is 0. The fraction of sp³-hybridized carbons (Fsp3) is 0.500. The molecule has 0 fully saturated rings. The van der Waals surface area contributed by atoms with Crippen molar-refractivity contribution in [2.24, 2.45) is 5.14 Å². The number of rotatable bonds is 7. The summed E-state index contributed by atoms with van der Waals surface area (Å²) < 4.78 is 27.2. The van der Waals surface area contributed by atoms with E-state index in [0.29, 0.717) is 19.0 Å². The third-order valence-corrected chi connectivity index (χ3v) is 3.39. The van der Waals surface area contributed by atoms with Crippen molar-refractivity contribution in [3.63, 3.8) is 0 Å². The highest BCUT2D eigenvalue weighted by Crippen LogP contribution is 2.14. The van der Waals surface area contributed by atoms with Crippen molar-refractivity contribution in [1.82, 2.24) is 4.98 Å². The van der Waals surface area contributed by atoms with Crippen LogP contribution in [0.5, 0.6) is 0 Å². The first-order valence-electron chi connectivity index (χ1n) is 6.28. The highest BCUT2D eigenvalue weighted by atomic mass is 32.2. The zero-order valence-corrected chi connectivity index (χ0v) is 12.4. The van der Waals surface area contributed by atoms with Gasteiger partial charge in [0.1, 0.15) is 17.3 Å². The van der Waals surface area contributed by atoms with E-state index in [1.165, 1.54) is 18.3 Å². The van der Waals surface area contributed by atoms with E-state index >= 15 is 0 Å². The maximum atomic E-state index is 11.5. The second-order valence-corrected chi connectivity index (χ2v) is 5.69. The number of hydrogen-bond acceptors (Lipinski definition) is 6. The van der Waals surface area contributed by atoms with Crippen LogP contribution in [0.15, 0.2) is 23.2 Å². The average molecular weight is 301 g/mol. The first kappa shape index (κ1) is 16.4. The molecule has 0 aliphatic carbocycles. The lowest BCUT2D eigenvalue weighted by atomic mass is 10.3. The van der Waals surface area contributed by atoms with Gasteiger partial charge in [-0.1, -0.05) is 6.92 Å². The van der Waals surface area contributed by atoms with E-state index in [1.54, 1.807) is 11.8 Å². The lowest BCUT2D eigenvalue weighted by molar-refractivity contribution is -0.141. The summed E-state index contributed by atoms with van der Waals surface area (Å²) in [5.74, 6) is 0.158. The summed E-state index contributed by atoms with van der Waals surface area (Å²) in [7, 11) is -3.76. The van der Waals surface area contributed by atoms with Crippen molar-refractivity contribution in [3.05, 3.63) is 18.3 Å². The lowest BCUT2D eigenvalue weighted by Crippen LogP contribution is -2.32. The molecule has 0 unspecified atom stereocenters. The van der Waals surface area contributed by atoms with Gasteiger partial charge in [0.15, 0.2) is 0 Å². The molecule has 0 radical (unpaired) electrons. The Kier molecular flexibility index (Phi) is 5.90. The number of aromatic nitrogens is 1. The Bertz CT molecular complexity index is 542. The van der Waals surface area contributed by atoms with Gasteiger partial charge in [0, 0.05) is 12.7 Å². The van der Waals surface area contributed by atoms with Crippen LogP contribution in [0.2, 0.25) is 0 Å². The molecule has 0 amide bonds. The molecule has 2 N–H and O–H groups in total. The van der Waals surface area contributed by atoms with Crippen LogP contribution in [0, 0.1) is 0 Å². The van der Waals surface area contributed by atoms with Crippen LogP contribution < -0.4 is 10.0 Å². The van der Waals surface area contributed by atoms with E-state index in [-0.39, 0.29) is 17.4 Å². The monoisotopic (exact) mass is 301 g/mol. The van der Waals surface area contributed by atoms with Crippen molar-refractivity contribution in [3.8, 4) is 0 Å². The van der Waals surface area contributed by atoms with E-state index < -0.39 is 10.0 Å². The second-order valence-electron chi connectivity index (χ2n) is 4.12. The van der Waals surface area contributed by atoms with Crippen LogP contribution in [-0.4, -0.2) is 39.1 Å². The molecule has 0 atom stereocenters. The van der Waals surface area contributed by atoms with Crippen LogP contribution in [0.3, 0.4) is 0 Å². The van der Waals surface area contributed by atoms with E-state index in [2.05, 4.69) is 4.98 Å². The van der Waals surface area contributed by atoms with Gasteiger partial charge in [-0.25, -0.2) is 18.5 Å². The van der Waals surface area contributed by atoms with Crippen molar-refractivity contribution < 1.29 is 17.9 Å². The van der Waals surface area contributed by atoms with Crippen LogP contribution >= 0.6 is 0 Å². The third kappa shape index (κ3) is 4.78. The molecule has 8 heteroatoms. The molecule has 1 rings (SSSR count). The van der Waals surface area contributed by atoms with Gasteiger partial charge in [0.2, 0.25) is 10.0 Å². The molecule has 7 nitrogen and oxygen atoms in total. The molecule has 112 valence electrons. The fourth-order valence-corrected chi connectivity index (χ4v) is 2.09. The lowest BCUT2D eigenvalue weighted by Gasteiger charge is -2.22. The number of nitrogens with zero attached hydrogens (tertiary/aromatic N) is 2. The number of hydrogen-bond donors (Lipinski definition) is 1. The summed E-state index contributed by atoms with van der Waals surface area (Å²) in [5.41, 5.74) is 0. The molecular weight excluding hydrogens is 282 g/mol. The van der Waals surface area contributed by atoms with Gasteiger partial charge in [-0.05, 0) is 25.5 Å². The van der Waals surface area contributed by atoms with Crippen molar-refractivity contribution >= 4 is 21.8 Å². The van der Waals surface area contributed by atoms with Gasteiger partial charge in [0.25, 0.3) is 0 Å². The van der Waals surface area contributed by atoms with Crippen LogP contribution in [0.4, 0.5) is 5.82 Å². The molecule has 0 saturated heterocycles. The van der Waals surface area contributed by atoms with E-state index in [4.69, 9.17) is 9.88 Å². The number of esters is 1. The number of sulfonamides is 1. The molecule has 0 aliphatic heterocycles. The largest absolute Gasteiger partial charge is 0.465 e. The van der Waals surface area contributed by atoms with Gasteiger partial charge >= 0.3 is 5.97 Å². The Hall–Kier alpha value is -1.67. The third-order valence-electron chi connectivity index (χ3n) is 2.49. The summed E-state index contributed by atoms with van der Waals surface area (Å²) in [4.78, 5) is 17.2. The molecular formula is C12H19N3O4S. The van der Waals surface area contributed by atoms with Crippen LogP contribution in [-0.2, 0) is 19.6 Å². The molecule has 0 spiro atoms. The smallest absolute Gasteiger partial charge is 0.325 e. The first-order chi connectivity index (χ1) is 9.38. The Morgan fingerprint density at radius 3 is 2.55 bits per heavy atom. The van der Waals surface area contributed by atoms with Gasteiger partial charge < -0.3 is 9.64 Å². The summed E-state index contributed by atoms with van der Waals surface area (Å²) in [6.07, 6.45) is 2.00. The number of carbonyl (C=O) groups excluding carboxylic acids is 1. The zero-order chi connectivity index (χ0) is 15.2. The summed E-state index contributed by atoms with van der Waals surface area (Å²) in [6, 6.07) is 2.89. The van der Waals surface area contributed by atoms with Gasteiger partial charge in [-0.3, -0.25) is 4.79 Å². The predicted octanol–water partition coefficient (Wildman–Crippen LogP) is 0.509. The standard InChI is InChI=1S/C12H19N3O4S/c1-3-7-15(9-12(16)19-4-2)11-6-5-10(8-14-11)20(13,17)18/h5-6,8H,3-4,7,9H2,1-2H3,(H2,13,17,18). The van der Waals surface area contributed by atoms with E-state index in [0.717, 1.165) is 6.42 Å². The number of ether oxygens (including phenoxy) is 1. The Morgan fingerprint density at radius 2 is 2.10 bits per heavy atom. The SMILES string of the molecule is CCCN(CC(=O)OCC)c1ccc(S(N)(=O)=O)cn1. The molecule has 0 aliphatic rings. The summed E-state index contributed by atoms with van der Waals surface area (Å²) in [6.45, 7) is 4.71. The number of anilines is 1. The number of carbonyl (C=O) groups is 1. The van der Waals surface area contributed by atoms with Crippen LogP contribution in [0.1, 0.15) is 20.3 Å². The molecule has 1 heterocycles. The van der Waals surface area contributed by atoms with E-state index in [1.807, 2.05) is 6.92 Å². The van der Waals surface area contributed by atoms with Gasteiger partial charge in [-0.2, -0.15) is 0 Å². The molecule has 0 bridgehead atoms. The number of pyridine rings is 1. The number of primary sulfonamides is 1. The van der Waals surface area contributed by atoms with Crippen LogP contribution in [0.25, 0.3) is 0 Å². The molecule has 1 aromatic heterocycles. The molecule has 20 heavy (non-hydrogen) atoms. The highest BCUT2D eigenvalue weighted by molar-refractivity contribution is 7.89. The normalized spacial score (nSPS) is 11.2. The fourth-order valence-electron chi connectivity index (χ4n) is 1.63.